The number of hydrogen-bond donors (Lipinski definition) is 15. The van der Waals surface area contributed by atoms with Crippen LogP contribution in [0, 0.1) is 0 Å². The van der Waals surface area contributed by atoms with Gasteiger partial charge in [-0.1, -0.05) is 0 Å². The summed E-state index contributed by atoms with van der Waals surface area (Å²) < 4.78 is 23.8. The molecule has 0 aromatic rings. The van der Waals surface area contributed by atoms with Gasteiger partial charge < -0.3 is 99.7 Å². The fourth-order valence-electron chi connectivity index (χ4n) is 6.36. The summed E-state index contributed by atoms with van der Waals surface area (Å²) in [5, 5.41) is 79.9. The zero-order valence-electron chi connectivity index (χ0n) is 26.5. The van der Waals surface area contributed by atoms with Crippen LogP contribution in [0.25, 0.3) is 0 Å². The van der Waals surface area contributed by atoms with Gasteiger partial charge in [-0.15, -0.1) is 0 Å². The molecule has 0 aromatic carbocycles. The van der Waals surface area contributed by atoms with E-state index in [1.165, 1.54) is 0 Å². The van der Waals surface area contributed by atoms with Crippen molar-refractivity contribution in [2.45, 2.75) is 129 Å². The molecule has 2 heterocycles. The average molecular weight is 696 g/mol. The van der Waals surface area contributed by atoms with E-state index in [0.717, 1.165) is 0 Å². The molecule has 4 fully saturated rings. The predicted octanol–water partition coefficient (Wildman–Crippen LogP) is -9.02. The van der Waals surface area contributed by atoms with Crippen molar-refractivity contribution >= 4 is 11.9 Å². The first kappa shape index (κ1) is 38.9. The van der Waals surface area contributed by atoms with Crippen LogP contribution in [0.3, 0.4) is 0 Å². The number of carbonyl (C=O) groups is 1. The maximum absolute atomic E-state index is 13.2. The number of guanidine groups is 1. The Hall–Kier alpha value is -1.90. The van der Waals surface area contributed by atoms with E-state index < -0.39 is 116 Å². The van der Waals surface area contributed by atoms with Crippen LogP contribution in [-0.2, 0) is 23.7 Å². The number of nitrogens with one attached hydrogen (secondary N) is 2. The van der Waals surface area contributed by atoms with Crippen molar-refractivity contribution in [2.24, 2.45) is 39.4 Å². The lowest BCUT2D eigenvalue weighted by Crippen LogP contribution is -2.69. The number of amides is 1. The lowest BCUT2D eigenvalue weighted by Gasteiger charge is -2.49. The SMILES string of the molecule is NCCC(O)CN[C@@H]1C[C@H](O)[C@@H](CN)O[C@@H]1OC1[C@@H](N)C[C@@H](NC(=O)C2(O)CC2N=C(N)N)[C@H](O[C@H]2O[C@H](CO)[C@@H](O)[C@H](N)[C@H]2O)[C@H]1O. The molecule has 21 nitrogen and oxygen atoms in total. The quantitative estimate of drug-likeness (QED) is 0.0592. The van der Waals surface area contributed by atoms with Crippen LogP contribution in [0.4, 0.5) is 0 Å². The van der Waals surface area contributed by atoms with Crippen molar-refractivity contribution in [3.8, 4) is 0 Å². The van der Waals surface area contributed by atoms with E-state index in [1.807, 2.05) is 0 Å². The van der Waals surface area contributed by atoms with Gasteiger partial charge in [-0.25, -0.2) is 4.99 Å². The number of aliphatic hydroxyl groups is 7. The van der Waals surface area contributed by atoms with Gasteiger partial charge in [0.15, 0.2) is 24.1 Å². The van der Waals surface area contributed by atoms with Gasteiger partial charge >= 0.3 is 0 Å². The minimum atomic E-state index is -1.95. The Balaban J connectivity index is 1.57. The summed E-state index contributed by atoms with van der Waals surface area (Å²) in [6.45, 7) is -0.393. The highest BCUT2D eigenvalue weighted by Crippen LogP contribution is 2.40. The molecule has 0 bridgehead atoms. The zero-order chi connectivity index (χ0) is 35.5. The number of carbonyl (C=O) groups excluding carboxylic acids is 1. The Kier molecular flexibility index (Phi) is 13.3. The highest BCUT2D eigenvalue weighted by atomic mass is 16.7. The Morgan fingerprint density at radius 2 is 1.62 bits per heavy atom. The number of aliphatic hydroxyl groups excluding tert-OH is 6. The Labute approximate surface area is 276 Å². The molecule has 2 saturated carbocycles. The maximum atomic E-state index is 13.2. The van der Waals surface area contributed by atoms with Crippen molar-refractivity contribution in [1.82, 2.24) is 10.6 Å². The summed E-state index contributed by atoms with van der Waals surface area (Å²) >= 11 is 0. The molecular formula is C27H53N9O12. The highest BCUT2D eigenvalue weighted by molar-refractivity contribution is 5.90. The van der Waals surface area contributed by atoms with E-state index >= 15 is 0 Å². The van der Waals surface area contributed by atoms with Crippen molar-refractivity contribution in [2.75, 3.05) is 26.2 Å². The summed E-state index contributed by atoms with van der Waals surface area (Å²) in [6, 6.07) is -5.03. The second kappa shape index (κ2) is 16.4. The minimum absolute atomic E-state index is 0.0541. The van der Waals surface area contributed by atoms with Gasteiger partial charge in [-0.05, 0) is 25.8 Å². The van der Waals surface area contributed by atoms with Gasteiger partial charge in [-0.2, -0.15) is 0 Å². The third kappa shape index (κ3) is 8.69. The summed E-state index contributed by atoms with van der Waals surface area (Å²) in [5.74, 6) is -1.20. The van der Waals surface area contributed by atoms with Gasteiger partial charge in [0.1, 0.15) is 36.6 Å². The van der Waals surface area contributed by atoms with Gasteiger partial charge in [0.25, 0.3) is 5.91 Å². The molecule has 278 valence electrons. The summed E-state index contributed by atoms with van der Waals surface area (Å²) in [7, 11) is 0. The van der Waals surface area contributed by atoms with E-state index in [-0.39, 0.29) is 44.9 Å². The monoisotopic (exact) mass is 695 g/mol. The van der Waals surface area contributed by atoms with Crippen molar-refractivity contribution in [3.63, 3.8) is 0 Å². The van der Waals surface area contributed by atoms with Crippen LogP contribution >= 0.6 is 0 Å². The first-order chi connectivity index (χ1) is 22.6. The fourth-order valence-corrected chi connectivity index (χ4v) is 6.36. The topological polar surface area (TPSA) is 388 Å². The second-order valence-corrected chi connectivity index (χ2v) is 13.0. The molecule has 0 aromatic heterocycles. The van der Waals surface area contributed by atoms with E-state index in [4.69, 9.17) is 53.3 Å². The molecule has 21 N–H and O–H groups in total. The Morgan fingerprint density at radius 3 is 2.25 bits per heavy atom. The first-order valence-corrected chi connectivity index (χ1v) is 16.0. The van der Waals surface area contributed by atoms with Crippen molar-refractivity contribution in [1.29, 1.82) is 0 Å². The molecular weight excluding hydrogens is 642 g/mol. The lowest BCUT2D eigenvalue weighted by atomic mass is 9.83. The van der Waals surface area contributed by atoms with Gasteiger partial charge in [0, 0.05) is 25.6 Å². The Morgan fingerprint density at radius 1 is 0.958 bits per heavy atom. The van der Waals surface area contributed by atoms with Gasteiger partial charge in [0.2, 0.25) is 0 Å². The van der Waals surface area contributed by atoms with Crippen LogP contribution in [-0.4, -0.2) is 177 Å². The molecule has 0 spiro atoms. The summed E-state index contributed by atoms with van der Waals surface area (Å²) in [6.07, 6.45) is -13.8. The van der Waals surface area contributed by atoms with Crippen LogP contribution < -0.4 is 45.0 Å². The molecule has 17 atom stereocenters. The third-order valence-electron chi connectivity index (χ3n) is 9.36. The molecule has 4 rings (SSSR count). The molecule has 4 unspecified atom stereocenters. The van der Waals surface area contributed by atoms with E-state index in [0.29, 0.717) is 6.42 Å². The fraction of sp³-hybridized carbons (Fsp3) is 0.926. The molecule has 2 aliphatic heterocycles. The number of ether oxygens (including phenoxy) is 4. The maximum Gasteiger partial charge on any atom is 0.254 e. The smallest absolute Gasteiger partial charge is 0.254 e. The summed E-state index contributed by atoms with van der Waals surface area (Å²) in [4.78, 5) is 17.1. The number of aliphatic imine (C=N–C) groups is 1. The average Bonchev–Trinajstić information content (AvgIpc) is 3.69. The Bertz CT molecular complexity index is 1090. The molecule has 4 aliphatic rings. The number of rotatable bonds is 14. The van der Waals surface area contributed by atoms with Gasteiger partial charge in [-0.3, -0.25) is 4.79 Å². The number of nitrogens with two attached hydrogens (primary N) is 6. The van der Waals surface area contributed by atoms with E-state index in [1.54, 1.807) is 0 Å². The molecule has 1 amide bonds. The number of hydrogen-bond acceptors (Lipinski definition) is 18. The summed E-state index contributed by atoms with van der Waals surface area (Å²) in [5.41, 5.74) is 32.6. The van der Waals surface area contributed by atoms with E-state index in [2.05, 4.69) is 15.6 Å². The number of nitrogens with zero attached hydrogens (tertiary/aromatic N) is 1. The largest absolute Gasteiger partial charge is 0.394 e. The standard InChI is InChI=1S/C27H53N9O12/c28-2-1-9(38)7-34-12-4-13(39)14(6-29)45-23(12)47-21-10(30)3-11(35-25(43)27(44)5-16(27)36-26(32)33)22(20(21)42)48-24-19(41)17(31)18(40)15(8-37)46-24/h9-24,34,37-42,44H,1-8,28-31H2,(H,35,43)(H4,32,33,36)/t9?,10-,11+,12+,13-,14+,15+,16?,17-,18+,19+,20-,21?,22-,23+,24+,27?/m0/s1. The lowest BCUT2D eigenvalue weighted by molar-refractivity contribution is -0.316. The van der Waals surface area contributed by atoms with Crippen LogP contribution in [0.2, 0.25) is 0 Å². The first-order valence-electron chi connectivity index (χ1n) is 16.0. The third-order valence-corrected chi connectivity index (χ3v) is 9.36. The predicted molar refractivity (Wildman–Crippen MR) is 165 cm³/mol. The highest BCUT2D eigenvalue weighted by Gasteiger charge is 2.61. The van der Waals surface area contributed by atoms with Crippen molar-refractivity contribution in [3.05, 3.63) is 0 Å². The second-order valence-electron chi connectivity index (χ2n) is 13.0. The van der Waals surface area contributed by atoms with Crippen molar-refractivity contribution < 1.29 is 59.5 Å². The molecule has 21 heteroatoms. The molecule has 48 heavy (non-hydrogen) atoms. The van der Waals surface area contributed by atoms with Crippen LogP contribution in [0.15, 0.2) is 4.99 Å². The van der Waals surface area contributed by atoms with E-state index in [9.17, 15) is 40.5 Å². The molecule has 2 aliphatic carbocycles. The molecule has 0 radical (unpaired) electrons. The van der Waals surface area contributed by atoms with Crippen LogP contribution in [0.5, 0.6) is 0 Å². The minimum Gasteiger partial charge on any atom is -0.394 e. The zero-order valence-corrected chi connectivity index (χ0v) is 26.5. The van der Waals surface area contributed by atoms with Crippen LogP contribution in [0.1, 0.15) is 25.7 Å². The van der Waals surface area contributed by atoms with Gasteiger partial charge in [0.05, 0.1) is 49.1 Å². The normalized spacial score (nSPS) is 45.3. The molecule has 2 saturated heterocycles.